The fourth-order valence-electron chi connectivity index (χ4n) is 3.58. The van der Waals surface area contributed by atoms with Crippen LogP contribution >= 0.6 is 11.6 Å². The molecule has 36 heavy (non-hydrogen) atoms. The van der Waals surface area contributed by atoms with Crippen molar-refractivity contribution in [1.29, 1.82) is 0 Å². The van der Waals surface area contributed by atoms with Gasteiger partial charge in [0.25, 0.3) is 11.8 Å². The zero-order valence-corrected chi connectivity index (χ0v) is 19.9. The van der Waals surface area contributed by atoms with E-state index in [4.69, 9.17) is 17.3 Å². The van der Waals surface area contributed by atoms with Crippen molar-refractivity contribution >= 4 is 40.5 Å². The number of carbonyl (C=O) groups is 2. The van der Waals surface area contributed by atoms with Crippen molar-refractivity contribution in [2.75, 3.05) is 11.1 Å². The zero-order valence-electron chi connectivity index (χ0n) is 19.1. The molecule has 0 atom stereocenters. The van der Waals surface area contributed by atoms with Crippen molar-refractivity contribution in [1.82, 2.24) is 10.6 Å². The molecule has 0 heterocycles. The molecule has 0 bridgehead atoms. The molecule has 0 aliphatic carbocycles. The summed E-state index contributed by atoms with van der Waals surface area (Å²) in [6, 6.07) is 25.9. The van der Waals surface area contributed by atoms with E-state index < -0.39 is 0 Å². The van der Waals surface area contributed by atoms with Crippen molar-refractivity contribution in [3.63, 3.8) is 0 Å². The first-order valence-corrected chi connectivity index (χ1v) is 11.5. The predicted octanol–water partition coefficient (Wildman–Crippen LogP) is 5.47. The number of anilines is 3. The Morgan fingerprint density at radius 1 is 0.917 bits per heavy atom. The molecular formula is C28H23ClFN4O2. The van der Waals surface area contributed by atoms with Crippen LogP contribution in [0.1, 0.15) is 31.8 Å². The number of hydrogen-bond donors (Lipinski definition) is 4. The maximum atomic E-state index is 13.4. The lowest BCUT2D eigenvalue weighted by Crippen LogP contribution is -2.24. The minimum atomic E-state index is -0.370. The maximum Gasteiger partial charge on any atom is 0.253 e. The zero-order chi connectivity index (χ0) is 25.5. The van der Waals surface area contributed by atoms with Crippen molar-refractivity contribution in [3.05, 3.63) is 124 Å². The standard InChI is InChI=1S/C28H23ClFN4O2/c29-25-10-3-1-7-19(25)17-33-27(35)20-13-22(31)15-23(14-20)34-26-11-4-2-9-24(26)28(36)32-16-18-6-5-8-21(30)12-18/h1,3-15,34H,16-17,31H2,(H,32,36)(H,33,35). The Hall–Kier alpha value is -4.36. The number of rotatable bonds is 8. The summed E-state index contributed by atoms with van der Waals surface area (Å²) in [5.41, 5.74) is 9.57. The Balaban J connectivity index is 1.47. The highest BCUT2D eigenvalue weighted by Crippen LogP contribution is 2.24. The molecule has 1 radical (unpaired) electrons. The van der Waals surface area contributed by atoms with E-state index in [9.17, 15) is 14.0 Å². The topological polar surface area (TPSA) is 96.2 Å². The third kappa shape index (κ3) is 6.40. The summed E-state index contributed by atoms with van der Waals surface area (Å²) in [6.45, 7) is 0.430. The molecule has 0 aliphatic heterocycles. The molecule has 0 aliphatic rings. The molecule has 8 heteroatoms. The second kappa shape index (κ2) is 11.4. The second-order valence-electron chi connectivity index (χ2n) is 8.03. The Labute approximate surface area is 213 Å². The van der Waals surface area contributed by atoms with Crippen LogP contribution in [0, 0.1) is 11.9 Å². The number of hydrogen-bond acceptors (Lipinski definition) is 4. The summed E-state index contributed by atoms with van der Waals surface area (Å²) in [4.78, 5) is 25.6. The summed E-state index contributed by atoms with van der Waals surface area (Å²) in [5.74, 6) is -1.05. The van der Waals surface area contributed by atoms with Crippen LogP contribution in [0.15, 0.2) is 84.9 Å². The number of amides is 2. The lowest BCUT2D eigenvalue weighted by molar-refractivity contribution is 0.0943. The average molecular weight is 502 g/mol. The SMILES string of the molecule is Nc1cc(Nc2cc[c]cc2C(=O)NCc2cccc(F)c2)cc(C(=O)NCc2ccccc2Cl)c1. The number of carbonyl (C=O) groups excluding carboxylic acids is 2. The van der Waals surface area contributed by atoms with Gasteiger partial charge in [-0.3, -0.25) is 9.59 Å². The van der Waals surface area contributed by atoms with Crippen molar-refractivity contribution in [3.8, 4) is 0 Å². The summed E-state index contributed by atoms with van der Waals surface area (Å²) in [7, 11) is 0. The van der Waals surface area contributed by atoms with Gasteiger partial charge in [-0.15, -0.1) is 0 Å². The average Bonchev–Trinajstić information content (AvgIpc) is 2.86. The van der Waals surface area contributed by atoms with Gasteiger partial charge in [0, 0.05) is 35.1 Å². The van der Waals surface area contributed by atoms with Gasteiger partial charge >= 0.3 is 0 Å². The van der Waals surface area contributed by atoms with Crippen LogP contribution in [0.25, 0.3) is 0 Å². The fraction of sp³-hybridized carbons (Fsp3) is 0.0714. The molecule has 4 rings (SSSR count). The number of nitrogens with one attached hydrogen (secondary N) is 3. The third-order valence-corrected chi connectivity index (χ3v) is 5.71. The van der Waals surface area contributed by atoms with Gasteiger partial charge in [-0.2, -0.15) is 0 Å². The van der Waals surface area contributed by atoms with Crippen molar-refractivity contribution in [2.24, 2.45) is 0 Å². The summed E-state index contributed by atoms with van der Waals surface area (Å²) in [5, 5.41) is 9.34. The normalized spacial score (nSPS) is 10.5. The van der Waals surface area contributed by atoms with Gasteiger partial charge in [-0.25, -0.2) is 4.39 Å². The van der Waals surface area contributed by atoms with Gasteiger partial charge in [-0.1, -0.05) is 48.0 Å². The van der Waals surface area contributed by atoms with E-state index in [-0.39, 0.29) is 30.7 Å². The minimum Gasteiger partial charge on any atom is -0.399 e. The highest BCUT2D eigenvalue weighted by molar-refractivity contribution is 6.31. The quantitative estimate of drug-likeness (QED) is 0.241. The van der Waals surface area contributed by atoms with Crippen LogP contribution in [0.2, 0.25) is 5.02 Å². The van der Waals surface area contributed by atoms with Gasteiger partial charge in [0.05, 0.1) is 11.3 Å². The van der Waals surface area contributed by atoms with E-state index >= 15 is 0 Å². The molecule has 0 saturated carbocycles. The van der Waals surface area contributed by atoms with E-state index in [1.807, 2.05) is 18.2 Å². The minimum absolute atomic E-state index is 0.166. The van der Waals surface area contributed by atoms with Crippen LogP contribution in [-0.4, -0.2) is 11.8 Å². The summed E-state index contributed by atoms with van der Waals surface area (Å²) >= 11 is 6.17. The van der Waals surface area contributed by atoms with E-state index in [1.165, 1.54) is 12.1 Å². The molecule has 0 fully saturated rings. The van der Waals surface area contributed by atoms with Gasteiger partial charge in [0.2, 0.25) is 0 Å². The van der Waals surface area contributed by atoms with Crippen LogP contribution < -0.4 is 21.7 Å². The Kier molecular flexibility index (Phi) is 7.82. The van der Waals surface area contributed by atoms with Crippen LogP contribution in [0.5, 0.6) is 0 Å². The maximum absolute atomic E-state index is 13.4. The molecule has 2 amide bonds. The monoisotopic (exact) mass is 501 g/mol. The Morgan fingerprint density at radius 2 is 1.72 bits per heavy atom. The summed E-state index contributed by atoms with van der Waals surface area (Å²) in [6.07, 6.45) is 0. The van der Waals surface area contributed by atoms with Gasteiger partial charge in [0.1, 0.15) is 5.82 Å². The number of nitrogen functional groups attached to an aromatic ring is 1. The van der Waals surface area contributed by atoms with Gasteiger partial charge < -0.3 is 21.7 Å². The first kappa shape index (κ1) is 24.8. The van der Waals surface area contributed by atoms with E-state index in [1.54, 1.807) is 54.6 Å². The number of benzene rings is 4. The van der Waals surface area contributed by atoms with E-state index in [2.05, 4.69) is 22.0 Å². The molecule has 0 aromatic heterocycles. The molecule has 0 saturated heterocycles. The molecule has 0 spiro atoms. The predicted molar refractivity (Wildman–Crippen MR) is 140 cm³/mol. The molecule has 4 aromatic carbocycles. The molecular weight excluding hydrogens is 479 g/mol. The van der Waals surface area contributed by atoms with E-state index in [0.717, 1.165) is 5.56 Å². The van der Waals surface area contributed by atoms with Gasteiger partial charge in [-0.05, 0) is 65.7 Å². The highest BCUT2D eigenvalue weighted by atomic mass is 35.5. The molecule has 0 unspecified atom stereocenters. The Morgan fingerprint density at radius 3 is 2.53 bits per heavy atom. The fourth-order valence-corrected chi connectivity index (χ4v) is 3.78. The largest absolute Gasteiger partial charge is 0.399 e. The third-order valence-electron chi connectivity index (χ3n) is 5.34. The second-order valence-corrected chi connectivity index (χ2v) is 8.43. The molecule has 4 aromatic rings. The molecule has 181 valence electrons. The highest BCUT2D eigenvalue weighted by Gasteiger charge is 2.14. The smallest absolute Gasteiger partial charge is 0.253 e. The van der Waals surface area contributed by atoms with Crippen LogP contribution in [0.3, 0.4) is 0 Å². The van der Waals surface area contributed by atoms with Crippen LogP contribution in [0.4, 0.5) is 21.5 Å². The summed E-state index contributed by atoms with van der Waals surface area (Å²) < 4.78 is 13.4. The molecule has 5 N–H and O–H groups in total. The van der Waals surface area contributed by atoms with Gasteiger partial charge in [0.15, 0.2) is 0 Å². The first-order valence-electron chi connectivity index (χ1n) is 11.1. The number of halogens is 2. The van der Waals surface area contributed by atoms with Crippen molar-refractivity contribution in [2.45, 2.75) is 13.1 Å². The lowest BCUT2D eigenvalue weighted by atomic mass is 10.1. The Bertz CT molecular complexity index is 1410. The van der Waals surface area contributed by atoms with Crippen molar-refractivity contribution < 1.29 is 14.0 Å². The lowest BCUT2D eigenvalue weighted by Gasteiger charge is -2.14. The first-order chi connectivity index (χ1) is 17.4. The number of nitrogens with two attached hydrogens (primary N) is 1. The van der Waals surface area contributed by atoms with Crippen LogP contribution in [-0.2, 0) is 13.1 Å². The van der Waals surface area contributed by atoms with E-state index in [0.29, 0.717) is 38.8 Å². The molecule has 6 nitrogen and oxygen atoms in total.